The Bertz CT molecular complexity index is 288. The normalized spacial score (nSPS) is 12.5. The van der Waals surface area contributed by atoms with Crippen molar-refractivity contribution in [2.24, 2.45) is 0 Å². The van der Waals surface area contributed by atoms with Crippen LogP contribution < -0.4 is 4.74 Å². The minimum absolute atomic E-state index is 0.489. The zero-order chi connectivity index (χ0) is 11.1. The predicted molar refractivity (Wildman–Crippen MR) is 55.8 cm³/mol. The van der Waals surface area contributed by atoms with E-state index in [-0.39, 0.29) is 0 Å². The van der Waals surface area contributed by atoms with Crippen molar-refractivity contribution in [1.82, 2.24) is 0 Å². The van der Waals surface area contributed by atoms with Gasteiger partial charge in [0.1, 0.15) is 12.4 Å². The Labute approximate surface area is 89.4 Å². The van der Waals surface area contributed by atoms with Gasteiger partial charge in [-0.05, 0) is 12.1 Å². The predicted octanol–water partition coefficient (Wildman–Crippen LogP) is 1.35. The van der Waals surface area contributed by atoms with Gasteiger partial charge < -0.3 is 19.3 Å². The molecule has 0 amide bonds. The number of methoxy groups -OCH3 is 2. The summed E-state index contributed by atoms with van der Waals surface area (Å²) in [7, 11) is 3.07. The average Bonchev–Trinajstić information content (AvgIpc) is 2.29. The van der Waals surface area contributed by atoms with E-state index in [9.17, 15) is 5.11 Å². The number of hydrogen-bond donors (Lipinski definition) is 1. The molecule has 0 saturated heterocycles. The standard InChI is InChI=1S/C11H16O4/c1-13-6-7-15-10-5-3-4-9(8-10)11(12)14-2/h3-5,8,11-12H,6-7H2,1-2H3. The minimum Gasteiger partial charge on any atom is -0.491 e. The summed E-state index contributed by atoms with van der Waals surface area (Å²) in [6.45, 7) is 1.03. The van der Waals surface area contributed by atoms with E-state index < -0.39 is 6.29 Å². The van der Waals surface area contributed by atoms with E-state index >= 15 is 0 Å². The average molecular weight is 212 g/mol. The number of aliphatic hydroxyl groups is 1. The molecule has 1 rings (SSSR count). The molecule has 15 heavy (non-hydrogen) atoms. The molecule has 1 N–H and O–H groups in total. The summed E-state index contributed by atoms with van der Waals surface area (Å²) in [5.74, 6) is 0.695. The molecule has 0 aliphatic rings. The van der Waals surface area contributed by atoms with E-state index in [2.05, 4.69) is 0 Å². The van der Waals surface area contributed by atoms with Gasteiger partial charge >= 0.3 is 0 Å². The van der Waals surface area contributed by atoms with Crippen molar-refractivity contribution >= 4 is 0 Å². The maximum absolute atomic E-state index is 9.42. The Morgan fingerprint density at radius 2 is 2.07 bits per heavy atom. The molecule has 1 unspecified atom stereocenters. The van der Waals surface area contributed by atoms with Crippen LogP contribution in [0.2, 0.25) is 0 Å². The summed E-state index contributed by atoms with van der Waals surface area (Å²) < 4.78 is 15.0. The van der Waals surface area contributed by atoms with E-state index in [1.54, 1.807) is 25.3 Å². The number of hydrogen-bond acceptors (Lipinski definition) is 4. The van der Waals surface area contributed by atoms with Gasteiger partial charge in [0.25, 0.3) is 0 Å². The first-order valence-electron chi connectivity index (χ1n) is 4.70. The van der Waals surface area contributed by atoms with Crippen LogP contribution in [0.1, 0.15) is 11.9 Å². The number of rotatable bonds is 6. The summed E-state index contributed by atoms with van der Waals surface area (Å²) in [5.41, 5.74) is 0.674. The summed E-state index contributed by atoms with van der Waals surface area (Å²) >= 11 is 0. The van der Waals surface area contributed by atoms with Crippen molar-refractivity contribution in [3.8, 4) is 5.75 Å². The molecule has 0 heterocycles. The van der Waals surface area contributed by atoms with Crippen LogP contribution in [0.4, 0.5) is 0 Å². The molecule has 1 aromatic carbocycles. The zero-order valence-electron chi connectivity index (χ0n) is 8.97. The van der Waals surface area contributed by atoms with Crippen LogP contribution in [0, 0.1) is 0 Å². The first-order chi connectivity index (χ1) is 7.27. The maximum atomic E-state index is 9.42. The Morgan fingerprint density at radius 3 is 2.73 bits per heavy atom. The molecule has 0 aliphatic carbocycles. The highest BCUT2D eigenvalue weighted by Gasteiger charge is 2.05. The van der Waals surface area contributed by atoms with Crippen molar-refractivity contribution in [3.63, 3.8) is 0 Å². The lowest BCUT2D eigenvalue weighted by atomic mass is 10.2. The summed E-state index contributed by atoms with van der Waals surface area (Å²) in [4.78, 5) is 0. The van der Waals surface area contributed by atoms with E-state index in [1.165, 1.54) is 7.11 Å². The summed E-state index contributed by atoms with van der Waals surface area (Å²) in [6.07, 6.45) is -0.907. The lowest BCUT2D eigenvalue weighted by Crippen LogP contribution is -2.05. The van der Waals surface area contributed by atoms with Gasteiger partial charge in [-0.3, -0.25) is 0 Å². The van der Waals surface area contributed by atoms with Crippen molar-refractivity contribution in [2.75, 3.05) is 27.4 Å². The van der Waals surface area contributed by atoms with Crippen LogP contribution in [0.5, 0.6) is 5.75 Å². The third kappa shape index (κ3) is 3.87. The number of benzene rings is 1. The van der Waals surface area contributed by atoms with Crippen LogP contribution in [0.25, 0.3) is 0 Å². The molecule has 84 valence electrons. The molecule has 0 fully saturated rings. The second-order valence-corrected chi connectivity index (χ2v) is 3.00. The lowest BCUT2D eigenvalue weighted by molar-refractivity contribution is -0.0770. The highest BCUT2D eigenvalue weighted by Crippen LogP contribution is 2.19. The van der Waals surface area contributed by atoms with E-state index in [1.807, 2.05) is 6.07 Å². The van der Waals surface area contributed by atoms with Crippen LogP contribution in [-0.2, 0) is 9.47 Å². The second kappa shape index (κ2) is 6.40. The van der Waals surface area contributed by atoms with Gasteiger partial charge in [-0.1, -0.05) is 12.1 Å². The Kier molecular flexibility index (Phi) is 5.10. The highest BCUT2D eigenvalue weighted by molar-refractivity contribution is 5.29. The maximum Gasteiger partial charge on any atom is 0.180 e. The van der Waals surface area contributed by atoms with Gasteiger partial charge in [0.05, 0.1) is 6.61 Å². The zero-order valence-corrected chi connectivity index (χ0v) is 8.97. The van der Waals surface area contributed by atoms with Crippen LogP contribution in [-0.4, -0.2) is 32.5 Å². The summed E-state index contributed by atoms with van der Waals surface area (Å²) in [6, 6.07) is 7.14. The van der Waals surface area contributed by atoms with Gasteiger partial charge in [-0.25, -0.2) is 0 Å². The molecule has 1 atom stereocenters. The monoisotopic (exact) mass is 212 g/mol. The second-order valence-electron chi connectivity index (χ2n) is 3.00. The molecule has 1 aromatic rings. The highest BCUT2D eigenvalue weighted by atomic mass is 16.6. The van der Waals surface area contributed by atoms with E-state index in [0.717, 1.165) is 0 Å². The van der Waals surface area contributed by atoms with Crippen molar-refractivity contribution in [1.29, 1.82) is 0 Å². The molecule has 0 aliphatic heterocycles. The number of aliphatic hydroxyl groups excluding tert-OH is 1. The fourth-order valence-corrected chi connectivity index (χ4v) is 1.14. The topological polar surface area (TPSA) is 47.9 Å². The quantitative estimate of drug-likeness (QED) is 0.571. The van der Waals surface area contributed by atoms with E-state index in [0.29, 0.717) is 24.5 Å². The molecule has 4 heteroatoms. The molecule has 0 spiro atoms. The molecule has 0 saturated carbocycles. The molecule has 0 aromatic heterocycles. The first-order valence-corrected chi connectivity index (χ1v) is 4.70. The van der Waals surface area contributed by atoms with Crippen molar-refractivity contribution in [3.05, 3.63) is 29.8 Å². The third-order valence-corrected chi connectivity index (χ3v) is 1.92. The largest absolute Gasteiger partial charge is 0.491 e. The van der Waals surface area contributed by atoms with Gasteiger partial charge in [0.15, 0.2) is 6.29 Å². The fraction of sp³-hybridized carbons (Fsp3) is 0.455. The molecule has 0 bridgehead atoms. The molecule has 4 nitrogen and oxygen atoms in total. The number of ether oxygens (including phenoxy) is 3. The smallest absolute Gasteiger partial charge is 0.180 e. The molecular formula is C11H16O4. The van der Waals surface area contributed by atoms with Gasteiger partial charge in [0.2, 0.25) is 0 Å². The molecule has 0 radical (unpaired) electrons. The van der Waals surface area contributed by atoms with E-state index in [4.69, 9.17) is 14.2 Å². The van der Waals surface area contributed by atoms with Crippen LogP contribution in [0.15, 0.2) is 24.3 Å². The van der Waals surface area contributed by atoms with Crippen LogP contribution >= 0.6 is 0 Å². The Balaban J connectivity index is 2.57. The van der Waals surface area contributed by atoms with Gasteiger partial charge in [0, 0.05) is 19.8 Å². The van der Waals surface area contributed by atoms with Gasteiger partial charge in [-0.15, -0.1) is 0 Å². The van der Waals surface area contributed by atoms with Gasteiger partial charge in [-0.2, -0.15) is 0 Å². The van der Waals surface area contributed by atoms with Crippen molar-refractivity contribution < 1.29 is 19.3 Å². The lowest BCUT2D eigenvalue weighted by Gasteiger charge is -2.11. The van der Waals surface area contributed by atoms with Crippen LogP contribution in [0.3, 0.4) is 0 Å². The SMILES string of the molecule is COCCOc1cccc(C(O)OC)c1. The third-order valence-electron chi connectivity index (χ3n) is 1.92. The minimum atomic E-state index is -0.907. The summed E-state index contributed by atoms with van der Waals surface area (Å²) in [5, 5.41) is 9.42. The fourth-order valence-electron chi connectivity index (χ4n) is 1.14. The Morgan fingerprint density at radius 1 is 1.27 bits per heavy atom. The Hall–Kier alpha value is -1.10. The van der Waals surface area contributed by atoms with Crippen molar-refractivity contribution in [2.45, 2.75) is 6.29 Å². The molecular weight excluding hydrogens is 196 g/mol. The first kappa shape index (κ1) is 12.0.